The Labute approximate surface area is 95.5 Å². The second kappa shape index (κ2) is 3.61. The zero-order chi connectivity index (χ0) is 11.0. The van der Waals surface area contributed by atoms with E-state index in [2.05, 4.69) is 10.1 Å². The van der Waals surface area contributed by atoms with E-state index >= 15 is 0 Å². The molecule has 3 aromatic heterocycles. The van der Waals surface area contributed by atoms with Crippen molar-refractivity contribution in [2.45, 2.75) is 6.92 Å². The average Bonchev–Trinajstić information content (AvgIpc) is 2.96. The highest BCUT2D eigenvalue weighted by atomic mass is 32.1. The molecule has 0 unspecified atom stereocenters. The highest BCUT2D eigenvalue weighted by molar-refractivity contribution is 7.13. The van der Waals surface area contributed by atoms with Crippen molar-refractivity contribution in [2.75, 3.05) is 0 Å². The van der Waals surface area contributed by atoms with Crippen LogP contribution in [0.25, 0.3) is 22.2 Å². The molecule has 80 valence electrons. The van der Waals surface area contributed by atoms with Crippen LogP contribution in [0.1, 0.15) is 5.76 Å². The second-order valence-corrected chi connectivity index (χ2v) is 4.24. The predicted octanol–water partition coefficient (Wildman–Crippen LogP) is 3.37. The van der Waals surface area contributed by atoms with Crippen LogP contribution < -0.4 is 0 Å². The number of aromatic nitrogens is 2. The van der Waals surface area contributed by atoms with Gasteiger partial charge in [-0.3, -0.25) is 0 Å². The Morgan fingerprint density at radius 1 is 1.31 bits per heavy atom. The van der Waals surface area contributed by atoms with Gasteiger partial charge in [-0.15, -0.1) is 11.3 Å². The fourth-order valence-electron chi connectivity index (χ4n) is 1.45. The lowest BCUT2D eigenvalue weighted by Gasteiger charge is -1.87. The first-order valence-electron chi connectivity index (χ1n) is 4.76. The molecule has 0 N–H and O–H groups in total. The molecule has 3 aromatic rings. The first-order valence-corrected chi connectivity index (χ1v) is 5.64. The number of aryl methyl sites for hydroxylation is 1. The molecule has 0 spiro atoms. The molecule has 0 bridgehead atoms. The van der Waals surface area contributed by atoms with Crippen molar-refractivity contribution >= 4 is 11.3 Å². The molecule has 0 aliphatic carbocycles. The predicted molar refractivity (Wildman–Crippen MR) is 60.1 cm³/mol. The maximum absolute atomic E-state index is 5.20. The molecule has 0 saturated carbocycles. The molecule has 0 saturated heterocycles. The quantitative estimate of drug-likeness (QED) is 0.679. The van der Waals surface area contributed by atoms with Crippen molar-refractivity contribution in [1.29, 1.82) is 0 Å². The molecular formula is C11H8N2O2S. The van der Waals surface area contributed by atoms with Crippen molar-refractivity contribution < 1.29 is 8.94 Å². The van der Waals surface area contributed by atoms with Crippen molar-refractivity contribution in [3.8, 4) is 22.2 Å². The van der Waals surface area contributed by atoms with E-state index in [1.54, 1.807) is 17.6 Å². The number of furan rings is 1. The Bertz CT molecular complexity index is 595. The van der Waals surface area contributed by atoms with Gasteiger partial charge in [-0.2, -0.15) is 4.98 Å². The van der Waals surface area contributed by atoms with Gasteiger partial charge in [0.25, 0.3) is 5.89 Å². The van der Waals surface area contributed by atoms with Crippen LogP contribution in [0.4, 0.5) is 0 Å². The molecule has 0 amide bonds. The van der Waals surface area contributed by atoms with Gasteiger partial charge in [0.05, 0.1) is 16.7 Å². The molecule has 0 aliphatic rings. The van der Waals surface area contributed by atoms with E-state index in [9.17, 15) is 0 Å². The third kappa shape index (κ3) is 1.45. The van der Waals surface area contributed by atoms with Crippen LogP contribution in [0.5, 0.6) is 0 Å². The fourth-order valence-corrected chi connectivity index (χ4v) is 2.09. The molecule has 16 heavy (non-hydrogen) atoms. The molecular weight excluding hydrogens is 224 g/mol. The van der Waals surface area contributed by atoms with Crippen LogP contribution in [0.15, 0.2) is 38.8 Å². The Hall–Kier alpha value is -1.88. The molecule has 0 fully saturated rings. The summed E-state index contributed by atoms with van der Waals surface area (Å²) < 4.78 is 10.4. The van der Waals surface area contributed by atoms with Gasteiger partial charge in [-0.05, 0) is 24.4 Å². The lowest BCUT2D eigenvalue weighted by Crippen LogP contribution is -1.77. The summed E-state index contributed by atoms with van der Waals surface area (Å²) in [5, 5.41) is 5.92. The Kier molecular flexibility index (Phi) is 2.11. The molecule has 0 radical (unpaired) electrons. The lowest BCUT2D eigenvalue weighted by atomic mass is 10.2. The standard InChI is InChI=1S/C11H8N2O2S/c1-7-8(4-5-14-7)11-12-10(13-15-11)9-3-2-6-16-9/h2-6H,1H3. The minimum absolute atomic E-state index is 0.495. The van der Waals surface area contributed by atoms with Crippen molar-refractivity contribution in [2.24, 2.45) is 0 Å². The molecule has 4 nitrogen and oxygen atoms in total. The zero-order valence-corrected chi connectivity index (χ0v) is 9.32. The van der Waals surface area contributed by atoms with Gasteiger partial charge in [0.15, 0.2) is 0 Å². The minimum atomic E-state index is 0.495. The summed E-state index contributed by atoms with van der Waals surface area (Å²) in [5.74, 6) is 1.89. The largest absolute Gasteiger partial charge is 0.469 e. The van der Waals surface area contributed by atoms with Crippen molar-refractivity contribution in [3.63, 3.8) is 0 Å². The smallest absolute Gasteiger partial charge is 0.261 e. The van der Waals surface area contributed by atoms with Gasteiger partial charge in [0.2, 0.25) is 5.82 Å². The van der Waals surface area contributed by atoms with Gasteiger partial charge in [-0.25, -0.2) is 0 Å². The van der Waals surface area contributed by atoms with E-state index in [4.69, 9.17) is 8.94 Å². The Morgan fingerprint density at radius 3 is 2.94 bits per heavy atom. The maximum atomic E-state index is 5.20. The van der Waals surface area contributed by atoms with Gasteiger partial charge in [0.1, 0.15) is 5.76 Å². The topological polar surface area (TPSA) is 52.1 Å². The van der Waals surface area contributed by atoms with Gasteiger partial charge < -0.3 is 8.94 Å². The van der Waals surface area contributed by atoms with E-state index in [0.29, 0.717) is 11.7 Å². The van der Waals surface area contributed by atoms with E-state index in [-0.39, 0.29) is 0 Å². The third-order valence-electron chi connectivity index (χ3n) is 2.26. The molecule has 5 heteroatoms. The summed E-state index contributed by atoms with van der Waals surface area (Å²) in [5.41, 5.74) is 0.843. The second-order valence-electron chi connectivity index (χ2n) is 3.29. The minimum Gasteiger partial charge on any atom is -0.469 e. The monoisotopic (exact) mass is 232 g/mol. The van der Waals surface area contributed by atoms with E-state index in [1.165, 1.54) is 0 Å². The fraction of sp³-hybridized carbons (Fsp3) is 0.0909. The summed E-state index contributed by atoms with van der Waals surface area (Å²) in [6.45, 7) is 1.87. The van der Waals surface area contributed by atoms with Crippen LogP contribution in [-0.4, -0.2) is 10.1 Å². The Morgan fingerprint density at radius 2 is 2.25 bits per heavy atom. The normalized spacial score (nSPS) is 10.8. The number of rotatable bonds is 2. The van der Waals surface area contributed by atoms with Gasteiger partial charge in [-0.1, -0.05) is 11.2 Å². The summed E-state index contributed by atoms with van der Waals surface area (Å²) in [4.78, 5) is 5.33. The summed E-state index contributed by atoms with van der Waals surface area (Å²) in [7, 11) is 0. The molecule has 3 heterocycles. The zero-order valence-electron chi connectivity index (χ0n) is 8.51. The van der Waals surface area contributed by atoms with Crippen LogP contribution in [0.2, 0.25) is 0 Å². The van der Waals surface area contributed by atoms with Crippen LogP contribution in [0, 0.1) is 6.92 Å². The number of hydrogen-bond acceptors (Lipinski definition) is 5. The van der Waals surface area contributed by atoms with Gasteiger partial charge >= 0.3 is 0 Å². The number of thiophene rings is 1. The third-order valence-corrected chi connectivity index (χ3v) is 3.12. The molecule has 3 rings (SSSR count). The van der Waals surface area contributed by atoms with Gasteiger partial charge in [0, 0.05) is 0 Å². The van der Waals surface area contributed by atoms with Crippen LogP contribution in [0.3, 0.4) is 0 Å². The highest BCUT2D eigenvalue weighted by Crippen LogP contribution is 2.27. The molecule has 0 aliphatic heterocycles. The summed E-state index contributed by atoms with van der Waals surface area (Å²) in [6, 6.07) is 5.74. The SMILES string of the molecule is Cc1occc1-c1nc(-c2cccs2)no1. The van der Waals surface area contributed by atoms with Crippen LogP contribution >= 0.6 is 11.3 Å². The Balaban J connectivity index is 2.03. The molecule has 0 atom stereocenters. The first kappa shape index (κ1) is 9.35. The van der Waals surface area contributed by atoms with Crippen molar-refractivity contribution in [1.82, 2.24) is 10.1 Å². The summed E-state index contributed by atoms with van der Waals surface area (Å²) in [6.07, 6.45) is 1.61. The number of nitrogens with zero attached hydrogens (tertiary/aromatic N) is 2. The van der Waals surface area contributed by atoms with E-state index in [1.807, 2.05) is 30.5 Å². The summed E-state index contributed by atoms with van der Waals surface area (Å²) >= 11 is 1.58. The molecule has 0 aromatic carbocycles. The van der Waals surface area contributed by atoms with E-state index in [0.717, 1.165) is 16.2 Å². The number of hydrogen-bond donors (Lipinski definition) is 0. The highest BCUT2D eigenvalue weighted by Gasteiger charge is 2.14. The van der Waals surface area contributed by atoms with Crippen LogP contribution in [-0.2, 0) is 0 Å². The lowest BCUT2D eigenvalue weighted by molar-refractivity contribution is 0.431. The maximum Gasteiger partial charge on any atom is 0.261 e. The van der Waals surface area contributed by atoms with Crippen molar-refractivity contribution in [3.05, 3.63) is 35.6 Å². The van der Waals surface area contributed by atoms with E-state index < -0.39 is 0 Å². The average molecular weight is 232 g/mol. The first-order chi connectivity index (χ1) is 7.84.